The SMILES string of the molecule is CC1(C)CCC2(SCCCS2)C1O. The lowest BCUT2D eigenvalue weighted by Crippen LogP contribution is -2.39. The van der Waals surface area contributed by atoms with Crippen LogP contribution in [-0.4, -0.2) is 26.8 Å². The van der Waals surface area contributed by atoms with Gasteiger partial charge in [-0.2, -0.15) is 0 Å². The summed E-state index contributed by atoms with van der Waals surface area (Å²) < 4.78 is 0.155. The number of hydrogen-bond acceptors (Lipinski definition) is 3. The quantitative estimate of drug-likeness (QED) is 0.675. The average Bonchev–Trinajstić information content (AvgIpc) is 2.33. The van der Waals surface area contributed by atoms with Gasteiger partial charge in [0, 0.05) is 0 Å². The minimum Gasteiger partial charge on any atom is -0.390 e. The number of hydrogen-bond donors (Lipinski definition) is 1. The van der Waals surface area contributed by atoms with Gasteiger partial charge in [-0.15, -0.1) is 23.5 Å². The van der Waals surface area contributed by atoms with Crippen molar-refractivity contribution >= 4 is 23.5 Å². The summed E-state index contributed by atoms with van der Waals surface area (Å²) in [7, 11) is 0. The monoisotopic (exact) mass is 218 g/mol. The minimum atomic E-state index is -0.115. The third-order valence-electron chi connectivity index (χ3n) is 3.26. The molecule has 13 heavy (non-hydrogen) atoms. The molecule has 1 N–H and O–H groups in total. The van der Waals surface area contributed by atoms with E-state index in [1.165, 1.54) is 30.8 Å². The number of aliphatic hydroxyl groups is 1. The summed E-state index contributed by atoms with van der Waals surface area (Å²) in [4.78, 5) is 0. The fraction of sp³-hybridized carbons (Fsp3) is 1.00. The second kappa shape index (κ2) is 3.35. The van der Waals surface area contributed by atoms with Gasteiger partial charge >= 0.3 is 0 Å². The Labute approximate surface area is 89.1 Å². The largest absolute Gasteiger partial charge is 0.390 e. The fourth-order valence-electron chi connectivity index (χ4n) is 2.26. The van der Waals surface area contributed by atoms with Crippen LogP contribution < -0.4 is 0 Å². The highest BCUT2D eigenvalue weighted by Gasteiger charge is 2.53. The first-order valence-corrected chi connectivity index (χ1v) is 7.00. The van der Waals surface area contributed by atoms with Crippen molar-refractivity contribution in [1.82, 2.24) is 0 Å². The van der Waals surface area contributed by atoms with Crippen molar-refractivity contribution in [3.63, 3.8) is 0 Å². The van der Waals surface area contributed by atoms with Crippen LogP contribution in [0.1, 0.15) is 33.1 Å². The van der Waals surface area contributed by atoms with E-state index in [0.717, 1.165) is 0 Å². The summed E-state index contributed by atoms with van der Waals surface area (Å²) in [5, 5.41) is 10.3. The maximum Gasteiger partial charge on any atom is 0.0874 e. The molecule has 1 saturated heterocycles. The maximum atomic E-state index is 10.3. The molecule has 1 aliphatic heterocycles. The van der Waals surface area contributed by atoms with Gasteiger partial charge in [-0.3, -0.25) is 0 Å². The van der Waals surface area contributed by atoms with E-state index in [-0.39, 0.29) is 15.6 Å². The molecule has 0 aromatic rings. The van der Waals surface area contributed by atoms with Crippen LogP contribution in [0.15, 0.2) is 0 Å². The van der Waals surface area contributed by atoms with Gasteiger partial charge < -0.3 is 5.11 Å². The van der Waals surface area contributed by atoms with Crippen molar-refractivity contribution in [2.75, 3.05) is 11.5 Å². The van der Waals surface area contributed by atoms with E-state index in [1.54, 1.807) is 0 Å². The molecule has 2 aliphatic rings. The van der Waals surface area contributed by atoms with E-state index in [1.807, 2.05) is 23.5 Å². The Kier molecular flexibility index (Phi) is 2.63. The van der Waals surface area contributed by atoms with Gasteiger partial charge in [0.2, 0.25) is 0 Å². The van der Waals surface area contributed by atoms with Gasteiger partial charge in [0.05, 0.1) is 10.2 Å². The topological polar surface area (TPSA) is 20.2 Å². The second-order valence-electron chi connectivity index (χ2n) is 4.75. The highest BCUT2D eigenvalue weighted by Crippen LogP contribution is 2.58. The summed E-state index contributed by atoms with van der Waals surface area (Å²) in [5.41, 5.74) is 0.136. The molecule has 1 saturated carbocycles. The highest BCUT2D eigenvalue weighted by molar-refractivity contribution is 8.18. The van der Waals surface area contributed by atoms with Crippen molar-refractivity contribution in [2.45, 2.75) is 43.3 Å². The second-order valence-corrected chi connectivity index (χ2v) is 7.86. The fourth-order valence-corrected chi connectivity index (χ4v) is 5.99. The van der Waals surface area contributed by atoms with Crippen LogP contribution in [0.4, 0.5) is 0 Å². The van der Waals surface area contributed by atoms with E-state index < -0.39 is 0 Å². The molecule has 2 rings (SSSR count). The zero-order valence-corrected chi connectivity index (χ0v) is 10.0. The molecular weight excluding hydrogens is 200 g/mol. The molecule has 1 heterocycles. The van der Waals surface area contributed by atoms with Crippen LogP contribution in [0.2, 0.25) is 0 Å². The normalized spacial score (nSPS) is 36.7. The van der Waals surface area contributed by atoms with Crippen molar-refractivity contribution < 1.29 is 5.11 Å². The highest BCUT2D eigenvalue weighted by atomic mass is 32.2. The predicted octanol–water partition coefficient (Wildman–Crippen LogP) is 2.73. The molecular formula is C10H18OS2. The zero-order valence-electron chi connectivity index (χ0n) is 8.38. The zero-order chi connectivity index (χ0) is 9.53. The molecule has 0 aromatic carbocycles. The lowest BCUT2D eigenvalue weighted by Gasteiger charge is -2.38. The van der Waals surface area contributed by atoms with E-state index >= 15 is 0 Å². The molecule has 76 valence electrons. The van der Waals surface area contributed by atoms with Crippen LogP contribution in [0.5, 0.6) is 0 Å². The molecule has 1 spiro atoms. The smallest absolute Gasteiger partial charge is 0.0874 e. The van der Waals surface area contributed by atoms with Crippen LogP contribution in [0.3, 0.4) is 0 Å². The van der Waals surface area contributed by atoms with E-state index in [4.69, 9.17) is 0 Å². The minimum absolute atomic E-state index is 0.115. The van der Waals surface area contributed by atoms with E-state index in [9.17, 15) is 5.11 Å². The average molecular weight is 218 g/mol. The van der Waals surface area contributed by atoms with Crippen molar-refractivity contribution in [2.24, 2.45) is 5.41 Å². The van der Waals surface area contributed by atoms with Gasteiger partial charge in [-0.05, 0) is 36.2 Å². The molecule has 1 aliphatic carbocycles. The number of rotatable bonds is 0. The standard InChI is InChI=1S/C10H18OS2/c1-9(2)4-5-10(8(9)11)12-6-3-7-13-10/h8,11H,3-7H2,1-2H3. The van der Waals surface area contributed by atoms with Crippen LogP contribution in [-0.2, 0) is 0 Å². The van der Waals surface area contributed by atoms with Gasteiger partial charge in [0.1, 0.15) is 0 Å². The molecule has 2 fully saturated rings. The van der Waals surface area contributed by atoms with E-state index in [2.05, 4.69) is 13.8 Å². The van der Waals surface area contributed by atoms with Gasteiger partial charge in [0.15, 0.2) is 0 Å². The summed E-state index contributed by atoms with van der Waals surface area (Å²) >= 11 is 3.99. The number of thioether (sulfide) groups is 2. The maximum absolute atomic E-state index is 10.3. The Bertz CT molecular complexity index is 197. The summed E-state index contributed by atoms with van der Waals surface area (Å²) in [6.45, 7) is 4.39. The first kappa shape index (κ1) is 10.2. The molecule has 3 heteroatoms. The molecule has 0 radical (unpaired) electrons. The van der Waals surface area contributed by atoms with Crippen molar-refractivity contribution in [3.05, 3.63) is 0 Å². The Morgan fingerprint density at radius 2 is 1.77 bits per heavy atom. The van der Waals surface area contributed by atoms with Crippen LogP contribution in [0.25, 0.3) is 0 Å². The molecule has 1 atom stereocenters. The lowest BCUT2D eigenvalue weighted by atomic mass is 9.89. The Balaban J connectivity index is 2.15. The molecule has 1 nitrogen and oxygen atoms in total. The Hall–Kier alpha value is 0.660. The van der Waals surface area contributed by atoms with Crippen molar-refractivity contribution in [1.29, 1.82) is 0 Å². The predicted molar refractivity (Wildman–Crippen MR) is 61.3 cm³/mol. The summed E-state index contributed by atoms with van der Waals surface area (Å²) in [5.74, 6) is 2.47. The third-order valence-corrected chi connectivity index (χ3v) is 6.78. The lowest BCUT2D eigenvalue weighted by molar-refractivity contribution is 0.0771. The Morgan fingerprint density at radius 1 is 1.15 bits per heavy atom. The van der Waals surface area contributed by atoms with Crippen LogP contribution >= 0.6 is 23.5 Å². The number of aliphatic hydroxyl groups excluding tert-OH is 1. The van der Waals surface area contributed by atoms with Gasteiger partial charge in [0.25, 0.3) is 0 Å². The van der Waals surface area contributed by atoms with Gasteiger partial charge in [-0.1, -0.05) is 13.8 Å². The van der Waals surface area contributed by atoms with Crippen LogP contribution in [0, 0.1) is 5.41 Å². The van der Waals surface area contributed by atoms with Crippen molar-refractivity contribution in [3.8, 4) is 0 Å². The molecule has 1 unspecified atom stereocenters. The summed E-state index contributed by atoms with van der Waals surface area (Å²) in [6.07, 6.45) is 3.56. The van der Waals surface area contributed by atoms with E-state index in [0.29, 0.717) is 0 Å². The first-order valence-electron chi connectivity index (χ1n) is 5.03. The molecule has 0 amide bonds. The van der Waals surface area contributed by atoms with Gasteiger partial charge in [-0.25, -0.2) is 0 Å². The Morgan fingerprint density at radius 3 is 2.23 bits per heavy atom. The third kappa shape index (κ3) is 1.64. The summed E-state index contributed by atoms with van der Waals surface area (Å²) in [6, 6.07) is 0. The molecule has 0 bridgehead atoms. The first-order chi connectivity index (χ1) is 6.07. The molecule has 0 aromatic heterocycles.